The van der Waals surface area contributed by atoms with Crippen molar-refractivity contribution in [2.75, 3.05) is 0 Å². The summed E-state index contributed by atoms with van der Waals surface area (Å²) in [5.41, 5.74) is -5.45. The van der Waals surface area contributed by atoms with Crippen LogP contribution in [-0.4, -0.2) is 13.9 Å². The lowest BCUT2D eigenvalue weighted by molar-refractivity contribution is -0.0532. The number of halogens is 3. The maximum Gasteiger partial charge on any atom is 0.534 e. The van der Waals surface area contributed by atoms with Crippen LogP contribution in [0.25, 0.3) is 0 Å². The summed E-state index contributed by atoms with van der Waals surface area (Å²) in [7, 11) is -5.48. The fourth-order valence-corrected chi connectivity index (χ4v) is 2.96. The van der Waals surface area contributed by atoms with Crippen molar-refractivity contribution in [3.8, 4) is 0 Å². The van der Waals surface area contributed by atoms with Crippen molar-refractivity contribution in [1.29, 1.82) is 0 Å². The largest absolute Gasteiger partial charge is 0.534 e. The van der Waals surface area contributed by atoms with Crippen LogP contribution in [0.15, 0.2) is 11.8 Å². The molecule has 0 aliphatic heterocycles. The van der Waals surface area contributed by atoms with E-state index in [0.717, 1.165) is 32.1 Å². The molecule has 0 aromatic rings. The highest BCUT2D eigenvalue weighted by Crippen LogP contribution is 2.50. The first kappa shape index (κ1) is 12.7. The Labute approximate surface area is 97.8 Å². The van der Waals surface area contributed by atoms with Crippen molar-refractivity contribution >= 4 is 10.1 Å². The Morgan fingerprint density at radius 1 is 1.18 bits per heavy atom. The third-order valence-electron chi connectivity index (χ3n) is 3.34. The van der Waals surface area contributed by atoms with Crippen molar-refractivity contribution in [3.63, 3.8) is 0 Å². The van der Waals surface area contributed by atoms with E-state index in [-0.39, 0.29) is 11.2 Å². The van der Waals surface area contributed by atoms with Crippen LogP contribution >= 0.6 is 0 Å². The minimum atomic E-state index is -5.48. The molecule has 0 aromatic carbocycles. The van der Waals surface area contributed by atoms with E-state index in [1.807, 2.05) is 0 Å². The molecule has 0 N–H and O–H groups in total. The molecular formula is C10H13F3O3S. The molecule has 98 valence electrons. The molecule has 7 heteroatoms. The molecular weight excluding hydrogens is 257 g/mol. The normalized spacial score (nSPS) is 24.1. The first-order valence-electron chi connectivity index (χ1n) is 5.47. The zero-order valence-electron chi connectivity index (χ0n) is 9.09. The Bertz CT molecular complexity index is 430. The lowest BCUT2D eigenvalue weighted by Crippen LogP contribution is -2.34. The molecule has 0 saturated heterocycles. The maximum atomic E-state index is 12.0. The molecule has 17 heavy (non-hydrogen) atoms. The topological polar surface area (TPSA) is 43.4 Å². The van der Waals surface area contributed by atoms with Gasteiger partial charge in [0, 0.05) is 6.42 Å². The van der Waals surface area contributed by atoms with Crippen LogP contribution in [0, 0.1) is 5.41 Å². The van der Waals surface area contributed by atoms with Gasteiger partial charge in [-0.15, -0.1) is 0 Å². The highest BCUT2D eigenvalue weighted by molar-refractivity contribution is 7.87. The fraction of sp³-hybridized carbons (Fsp3) is 0.800. The first-order chi connectivity index (χ1) is 7.74. The molecule has 1 spiro atoms. The number of hydrogen-bond donors (Lipinski definition) is 0. The first-order valence-corrected chi connectivity index (χ1v) is 6.88. The van der Waals surface area contributed by atoms with Crippen molar-refractivity contribution < 1.29 is 25.8 Å². The molecule has 2 aliphatic rings. The smallest absolute Gasteiger partial charge is 0.381 e. The molecule has 0 aromatic heterocycles. The van der Waals surface area contributed by atoms with E-state index in [4.69, 9.17) is 0 Å². The van der Waals surface area contributed by atoms with Crippen molar-refractivity contribution in [2.45, 2.75) is 44.0 Å². The van der Waals surface area contributed by atoms with Gasteiger partial charge in [0.05, 0.1) is 0 Å². The molecule has 0 amide bonds. The van der Waals surface area contributed by atoms with Gasteiger partial charge in [-0.2, -0.15) is 21.6 Å². The molecule has 3 nitrogen and oxygen atoms in total. The van der Waals surface area contributed by atoms with E-state index < -0.39 is 15.6 Å². The summed E-state index contributed by atoms with van der Waals surface area (Å²) in [6, 6.07) is 0. The Morgan fingerprint density at radius 3 is 2.18 bits per heavy atom. The van der Waals surface area contributed by atoms with Gasteiger partial charge in [0.1, 0.15) is 5.76 Å². The van der Waals surface area contributed by atoms with Gasteiger partial charge in [0.2, 0.25) is 0 Å². The van der Waals surface area contributed by atoms with Gasteiger partial charge in [0.15, 0.2) is 0 Å². The summed E-state index contributed by atoms with van der Waals surface area (Å²) in [5, 5.41) is 0. The fourth-order valence-electron chi connectivity index (χ4n) is 2.48. The lowest BCUT2D eigenvalue weighted by atomic mass is 9.65. The van der Waals surface area contributed by atoms with Gasteiger partial charge in [-0.25, -0.2) is 0 Å². The minimum Gasteiger partial charge on any atom is -0.381 e. The summed E-state index contributed by atoms with van der Waals surface area (Å²) in [5.74, 6) is -0.0655. The van der Waals surface area contributed by atoms with E-state index in [9.17, 15) is 21.6 Å². The quantitative estimate of drug-likeness (QED) is 0.572. The second-order valence-corrected chi connectivity index (χ2v) is 6.23. The van der Waals surface area contributed by atoms with Crippen LogP contribution in [0.1, 0.15) is 38.5 Å². The van der Waals surface area contributed by atoms with E-state index in [2.05, 4.69) is 4.18 Å². The summed E-state index contributed by atoms with van der Waals surface area (Å²) in [6.45, 7) is 0. The van der Waals surface area contributed by atoms with Gasteiger partial charge in [0.25, 0.3) is 0 Å². The molecule has 0 heterocycles. The Morgan fingerprint density at radius 2 is 1.71 bits per heavy atom. The minimum absolute atomic E-state index is 0.0655. The van der Waals surface area contributed by atoms with Crippen molar-refractivity contribution in [3.05, 3.63) is 11.8 Å². The lowest BCUT2D eigenvalue weighted by Gasteiger charge is -2.41. The van der Waals surface area contributed by atoms with Crippen LogP contribution in [0.5, 0.6) is 0 Å². The van der Waals surface area contributed by atoms with Crippen LogP contribution in [0.4, 0.5) is 13.2 Å². The van der Waals surface area contributed by atoms with E-state index in [0.29, 0.717) is 6.42 Å². The van der Waals surface area contributed by atoms with E-state index in [1.165, 1.54) is 0 Å². The molecule has 1 saturated carbocycles. The average molecular weight is 270 g/mol. The monoisotopic (exact) mass is 270 g/mol. The van der Waals surface area contributed by atoms with Gasteiger partial charge < -0.3 is 4.18 Å². The van der Waals surface area contributed by atoms with Crippen molar-refractivity contribution in [2.24, 2.45) is 5.41 Å². The van der Waals surface area contributed by atoms with Gasteiger partial charge in [-0.1, -0.05) is 19.3 Å². The summed E-state index contributed by atoms with van der Waals surface area (Å²) in [4.78, 5) is 0. The number of rotatable bonds is 2. The van der Waals surface area contributed by atoms with Crippen LogP contribution < -0.4 is 0 Å². The average Bonchev–Trinajstić information content (AvgIpc) is 2.14. The highest BCUT2D eigenvalue weighted by atomic mass is 32.2. The maximum absolute atomic E-state index is 12.0. The second kappa shape index (κ2) is 3.90. The zero-order valence-corrected chi connectivity index (χ0v) is 9.90. The van der Waals surface area contributed by atoms with Crippen LogP contribution in [0.2, 0.25) is 0 Å². The Hall–Kier alpha value is -0.720. The molecule has 2 rings (SSSR count). The zero-order chi connectivity index (χ0) is 12.7. The standard InChI is InChI=1S/C10H13F3O3S/c11-10(12,13)17(14,15)16-8-6-9(7-8)4-2-1-3-5-9/h6H,1-5,7H2. The second-order valence-electron chi connectivity index (χ2n) is 4.69. The van der Waals surface area contributed by atoms with Crippen LogP contribution in [0.3, 0.4) is 0 Å². The summed E-state index contributed by atoms with van der Waals surface area (Å²) in [6.07, 6.45) is 6.88. The highest BCUT2D eigenvalue weighted by Gasteiger charge is 2.50. The summed E-state index contributed by atoms with van der Waals surface area (Å²) < 4.78 is 61.7. The number of hydrogen-bond acceptors (Lipinski definition) is 3. The van der Waals surface area contributed by atoms with Crippen LogP contribution in [-0.2, 0) is 14.3 Å². The molecule has 0 radical (unpaired) electrons. The van der Waals surface area contributed by atoms with Gasteiger partial charge >= 0.3 is 15.6 Å². The SMILES string of the molecule is O=S(=O)(OC1=CC2(CCCCC2)C1)C(F)(F)F. The van der Waals surface area contributed by atoms with E-state index >= 15 is 0 Å². The molecule has 0 unspecified atom stereocenters. The third-order valence-corrected chi connectivity index (χ3v) is 4.34. The molecule has 2 aliphatic carbocycles. The Kier molecular flexibility index (Phi) is 2.92. The molecule has 1 fully saturated rings. The van der Waals surface area contributed by atoms with E-state index in [1.54, 1.807) is 6.08 Å². The summed E-state index contributed by atoms with van der Waals surface area (Å²) >= 11 is 0. The van der Waals surface area contributed by atoms with Gasteiger partial charge in [-0.3, -0.25) is 0 Å². The number of alkyl halides is 3. The predicted molar refractivity (Wildman–Crippen MR) is 54.3 cm³/mol. The molecule has 0 atom stereocenters. The van der Waals surface area contributed by atoms with Crippen molar-refractivity contribution in [1.82, 2.24) is 0 Å². The third kappa shape index (κ3) is 2.43. The molecule has 0 bridgehead atoms. The van der Waals surface area contributed by atoms with Gasteiger partial charge in [-0.05, 0) is 24.3 Å². The Balaban J connectivity index is 2.02. The predicted octanol–water partition coefficient (Wildman–Crippen LogP) is 3.09. The number of allylic oxidation sites excluding steroid dienone is 2.